The zero-order chi connectivity index (χ0) is 10.1. The predicted molar refractivity (Wildman–Crippen MR) is 61.9 cm³/mol. The first-order chi connectivity index (χ1) is 6.26. The normalized spacial score (nSPS) is 14.2. The van der Waals surface area contributed by atoms with Gasteiger partial charge < -0.3 is 0 Å². The maximum Gasteiger partial charge on any atom is -0.0139 e. The molecular weight excluding hydrogens is 156 g/mol. The van der Waals surface area contributed by atoms with Gasteiger partial charge in [-0.3, -0.25) is 0 Å². The van der Waals surface area contributed by atoms with Crippen LogP contribution >= 0.6 is 0 Å². The fourth-order valence-electron chi connectivity index (χ4n) is 1.41. The molecule has 0 heteroatoms. The quantitative estimate of drug-likeness (QED) is 0.392. The van der Waals surface area contributed by atoms with Crippen molar-refractivity contribution in [2.75, 3.05) is 0 Å². The van der Waals surface area contributed by atoms with Crippen LogP contribution in [0.3, 0.4) is 0 Å². The first-order valence-corrected chi connectivity index (χ1v) is 5.56. The Morgan fingerprint density at radius 3 is 2.54 bits per heavy atom. The summed E-state index contributed by atoms with van der Waals surface area (Å²) >= 11 is 0. The number of hydrogen-bond acceptors (Lipinski definition) is 0. The summed E-state index contributed by atoms with van der Waals surface area (Å²) in [5.74, 6) is 0.731. The Labute approximate surface area is 83.7 Å². The number of unbranched alkanes of at least 4 members (excludes halogenated alkanes) is 2. The zero-order valence-electron chi connectivity index (χ0n) is 9.47. The highest BCUT2D eigenvalue weighted by atomic mass is 14.1. The highest BCUT2D eigenvalue weighted by Gasteiger charge is 2.03. The van der Waals surface area contributed by atoms with Crippen LogP contribution in [0.25, 0.3) is 0 Å². The summed E-state index contributed by atoms with van der Waals surface area (Å²) < 4.78 is 0. The lowest BCUT2D eigenvalue weighted by Crippen LogP contribution is -1.96. The van der Waals surface area contributed by atoms with Crippen LogP contribution in [0.4, 0.5) is 0 Å². The molecule has 76 valence electrons. The Kier molecular flexibility index (Phi) is 7.77. The molecule has 0 saturated carbocycles. The van der Waals surface area contributed by atoms with Gasteiger partial charge in [0.05, 0.1) is 0 Å². The van der Waals surface area contributed by atoms with Crippen molar-refractivity contribution in [3.05, 3.63) is 24.3 Å². The van der Waals surface area contributed by atoms with Gasteiger partial charge in [-0.1, -0.05) is 51.3 Å². The van der Waals surface area contributed by atoms with E-state index in [1.165, 1.54) is 25.7 Å². The Hall–Kier alpha value is -0.520. The van der Waals surface area contributed by atoms with Gasteiger partial charge in [0.1, 0.15) is 0 Å². The smallest absolute Gasteiger partial charge is 0.0139 e. The molecule has 0 amide bonds. The van der Waals surface area contributed by atoms with Gasteiger partial charge in [-0.05, 0) is 25.2 Å². The first-order valence-electron chi connectivity index (χ1n) is 5.56. The summed E-state index contributed by atoms with van der Waals surface area (Å²) in [6, 6.07) is 0. The van der Waals surface area contributed by atoms with Gasteiger partial charge >= 0.3 is 0 Å². The molecule has 0 saturated heterocycles. The van der Waals surface area contributed by atoms with Gasteiger partial charge in [-0.15, -0.1) is 6.58 Å². The molecule has 0 fully saturated rings. The Morgan fingerprint density at radius 2 is 2.08 bits per heavy atom. The molecular formula is C13H24. The number of hydrogen-bond donors (Lipinski definition) is 0. The molecule has 0 aliphatic rings. The van der Waals surface area contributed by atoms with Gasteiger partial charge in [0.15, 0.2) is 0 Å². The molecule has 0 aromatic carbocycles. The molecule has 1 unspecified atom stereocenters. The second kappa shape index (κ2) is 8.10. The van der Waals surface area contributed by atoms with Crippen LogP contribution < -0.4 is 0 Å². The average molecular weight is 180 g/mol. The lowest BCUT2D eigenvalue weighted by atomic mass is 9.94. The van der Waals surface area contributed by atoms with Crippen molar-refractivity contribution in [3.63, 3.8) is 0 Å². The summed E-state index contributed by atoms with van der Waals surface area (Å²) in [5, 5.41) is 0. The van der Waals surface area contributed by atoms with Crippen molar-refractivity contribution in [2.45, 2.75) is 52.9 Å². The predicted octanol–water partition coefficient (Wildman–Crippen LogP) is 4.73. The maximum absolute atomic E-state index is 3.80. The second-order valence-corrected chi connectivity index (χ2v) is 3.72. The van der Waals surface area contributed by atoms with Crippen LogP contribution in [0.2, 0.25) is 0 Å². The van der Waals surface area contributed by atoms with Crippen LogP contribution in [0.1, 0.15) is 52.9 Å². The summed E-state index contributed by atoms with van der Waals surface area (Å²) in [5.41, 5.74) is 1.57. The molecule has 0 aromatic heterocycles. The highest BCUT2D eigenvalue weighted by Crippen LogP contribution is 2.19. The minimum absolute atomic E-state index is 0.731. The second-order valence-electron chi connectivity index (χ2n) is 3.72. The van der Waals surface area contributed by atoms with E-state index < -0.39 is 0 Å². The Morgan fingerprint density at radius 1 is 1.38 bits per heavy atom. The number of rotatable bonds is 7. The largest absolute Gasteiger partial charge is 0.103 e. The number of allylic oxidation sites excluding steroid dienone is 3. The Bertz CT molecular complexity index is 153. The van der Waals surface area contributed by atoms with E-state index in [4.69, 9.17) is 0 Å². The van der Waals surface area contributed by atoms with Crippen molar-refractivity contribution in [2.24, 2.45) is 5.92 Å². The zero-order valence-corrected chi connectivity index (χ0v) is 9.47. The molecule has 0 radical (unpaired) electrons. The van der Waals surface area contributed by atoms with Gasteiger partial charge in [-0.25, -0.2) is 0 Å². The molecule has 0 heterocycles. The molecule has 13 heavy (non-hydrogen) atoms. The van der Waals surface area contributed by atoms with Crippen molar-refractivity contribution in [1.82, 2.24) is 0 Å². The maximum atomic E-state index is 3.80. The van der Waals surface area contributed by atoms with Crippen LogP contribution in [0, 0.1) is 5.92 Å². The van der Waals surface area contributed by atoms with E-state index in [0.29, 0.717) is 0 Å². The van der Waals surface area contributed by atoms with Crippen molar-refractivity contribution >= 4 is 0 Å². The van der Waals surface area contributed by atoms with Gasteiger partial charge in [0, 0.05) is 0 Å². The van der Waals surface area contributed by atoms with Crippen LogP contribution in [-0.4, -0.2) is 0 Å². The minimum atomic E-state index is 0.731. The van der Waals surface area contributed by atoms with E-state index in [1.807, 2.05) is 6.08 Å². The first kappa shape index (κ1) is 12.5. The third-order valence-electron chi connectivity index (χ3n) is 2.59. The SMILES string of the molecule is C=CC/C(=C/CCCC)C(C)CC. The Balaban J connectivity index is 4.05. The molecule has 0 N–H and O–H groups in total. The van der Waals surface area contributed by atoms with Crippen molar-refractivity contribution in [3.8, 4) is 0 Å². The summed E-state index contributed by atoms with van der Waals surface area (Å²) in [6.45, 7) is 10.6. The van der Waals surface area contributed by atoms with Crippen LogP contribution in [0.15, 0.2) is 24.3 Å². The van der Waals surface area contributed by atoms with E-state index in [-0.39, 0.29) is 0 Å². The third-order valence-corrected chi connectivity index (χ3v) is 2.59. The van der Waals surface area contributed by atoms with Gasteiger partial charge in [0.2, 0.25) is 0 Å². The van der Waals surface area contributed by atoms with E-state index in [0.717, 1.165) is 12.3 Å². The fraction of sp³-hybridized carbons (Fsp3) is 0.692. The minimum Gasteiger partial charge on any atom is -0.103 e. The lowest BCUT2D eigenvalue weighted by Gasteiger charge is -2.12. The third kappa shape index (κ3) is 5.68. The molecule has 0 aliphatic carbocycles. The fourth-order valence-corrected chi connectivity index (χ4v) is 1.41. The molecule has 0 aliphatic heterocycles. The molecule has 0 rings (SSSR count). The molecule has 1 atom stereocenters. The summed E-state index contributed by atoms with van der Waals surface area (Å²) in [6.07, 6.45) is 10.6. The van der Waals surface area contributed by atoms with Crippen LogP contribution in [0.5, 0.6) is 0 Å². The standard InChI is InChI=1S/C13H24/c1-5-8-9-11-13(10-6-2)12(4)7-3/h6,11-12H,2,5,7-10H2,1,3-4H3/b13-11-. The van der Waals surface area contributed by atoms with Crippen LogP contribution in [-0.2, 0) is 0 Å². The summed E-state index contributed by atoms with van der Waals surface area (Å²) in [7, 11) is 0. The highest BCUT2D eigenvalue weighted by molar-refractivity contribution is 5.09. The summed E-state index contributed by atoms with van der Waals surface area (Å²) in [4.78, 5) is 0. The molecule has 0 spiro atoms. The van der Waals surface area contributed by atoms with Gasteiger partial charge in [-0.2, -0.15) is 0 Å². The monoisotopic (exact) mass is 180 g/mol. The average Bonchev–Trinajstić information content (AvgIpc) is 2.16. The van der Waals surface area contributed by atoms with E-state index in [1.54, 1.807) is 5.57 Å². The van der Waals surface area contributed by atoms with E-state index in [9.17, 15) is 0 Å². The molecule has 0 nitrogen and oxygen atoms in total. The molecule has 0 aromatic rings. The lowest BCUT2D eigenvalue weighted by molar-refractivity contribution is 0.635. The van der Waals surface area contributed by atoms with E-state index in [2.05, 4.69) is 33.4 Å². The topological polar surface area (TPSA) is 0 Å². The van der Waals surface area contributed by atoms with Gasteiger partial charge in [0.25, 0.3) is 0 Å². The van der Waals surface area contributed by atoms with Crippen molar-refractivity contribution < 1.29 is 0 Å². The van der Waals surface area contributed by atoms with Crippen molar-refractivity contribution in [1.29, 1.82) is 0 Å². The molecule has 0 bridgehead atoms. The van der Waals surface area contributed by atoms with E-state index >= 15 is 0 Å².